The molecule has 0 saturated carbocycles. The zero-order valence-electron chi connectivity index (χ0n) is 12.8. The molecule has 1 aromatic rings. The van der Waals surface area contributed by atoms with Gasteiger partial charge in [0.05, 0.1) is 6.26 Å². The summed E-state index contributed by atoms with van der Waals surface area (Å²) in [4.78, 5) is 0. The first kappa shape index (κ1) is 16.6. The molecule has 0 aromatic heterocycles. The van der Waals surface area contributed by atoms with Crippen molar-refractivity contribution in [2.24, 2.45) is 0 Å². The lowest BCUT2D eigenvalue weighted by Gasteiger charge is -2.07. The van der Waals surface area contributed by atoms with Crippen LogP contribution in [0.5, 0.6) is 5.75 Å². The largest absolute Gasteiger partial charge is 0.498 e. The summed E-state index contributed by atoms with van der Waals surface area (Å²) < 4.78 is 10.6. The monoisotopic (exact) mass is 276 g/mol. The maximum Gasteiger partial charge on any atom is 0.122 e. The van der Waals surface area contributed by atoms with E-state index in [2.05, 4.69) is 25.6 Å². The predicted octanol–water partition coefficient (Wildman–Crippen LogP) is 5.13. The van der Waals surface area contributed by atoms with E-state index in [0.29, 0.717) is 13.2 Å². The van der Waals surface area contributed by atoms with Gasteiger partial charge < -0.3 is 9.47 Å². The normalized spacial score (nSPS) is 10.2. The van der Waals surface area contributed by atoms with E-state index in [0.717, 1.165) is 5.75 Å². The summed E-state index contributed by atoms with van der Waals surface area (Å²) in [5.41, 5.74) is 1.40. The summed E-state index contributed by atoms with van der Waals surface area (Å²) >= 11 is 0. The lowest BCUT2D eigenvalue weighted by atomic mass is 10.0. The molecule has 0 fully saturated rings. The zero-order valence-corrected chi connectivity index (χ0v) is 12.8. The van der Waals surface area contributed by atoms with Gasteiger partial charge in [-0.25, -0.2) is 0 Å². The van der Waals surface area contributed by atoms with Crippen LogP contribution >= 0.6 is 0 Å². The minimum Gasteiger partial charge on any atom is -0.498 e. The quantitative estimate of drug-likeness (QED) is 0.389. The molecule has 0 radical (unpaired) electrons. The average Bonchev–Trinajstić information content (AvgIpc) is 2.49. The molecule has 2 nitrogen and oxygen atoms in total. The van der Waals surface area contributed by atoms with Crippen LogP contribution in [0, 0.1) is 0 Å². The Bertz CT molecular complexity index is 343. The Labute approximate surface area is 123 Å². The van der Waals surface area contributed by atoms with Crippen LogP contribution in [0.25, 0.3) is 0 Å². The van der Waals surface area contributed by atoms with Gasteiger partial charge in [0.25, 0.3) is 0 Å². The van der Waals surface area contributed by atoms with Crippen LogP contribution in [0.1, 0.15) is 51.0 Å². The van der Waals surface area contributed by atoms with E-state index >= 15 is 0 Å². The van der Waals surface area contributed by atoms with Gasteiger partial charge in [0.1, 0.15) is 19.0 Å². The number of rotatable bonds is 12. The highest BCUT2D eigenvalue weighted by Crippen LogP contribution is 2.15. The van der Waals surface area contributed by atoms with Crippen molar-refractivity contribution >= 4 is 0 Å². The smallest absolute Gasteiger partial charge is 0.122 e. The van der Waals surface area contributed by atoms with Gasteiger partial charge in [-0.05, 0) is 30.5 Å². The third-order valence-corrected chi connectivity index (χ3v) is 3.33. The second-order valence-electron chi connectivity index (χ2n) is 5.05. The summed E-state index contributed by atoms with van der Waals surface area (Å²) in [5.74, 6) is 0.907. The topological polar surface area (TPSA) is 18.5 Å². The lowest BCUT2D eigenvalue weighted by molar-refractivity contribution is 0.179. The van der Waals surface area contributed by atoms with Crippen molar-refractivity contribution < 1.29 is 9.47 Å². The summed E-state index contributed by atoms with van der Waals surface area (Å²) in [6.45, 7) is 6.85. The number of benzene rings is 1. The van der Waals surface area contributed by atoms with Crippen molar-refractivity contribution in [1.29, 1.82) is 0 Å². The fourth-order valence-electron chi connectivity index (χ4n) is 2.15. The van der Waals surface area contributed by atoms with E-state index in [4.69, 9.17) is 9.47 Å². The molecule has 0 aliphatic rings. The maximum atomic E-state index is 5.56. The van der Waals surface area contributed by atoms with Crippen molar-refractivity contribution in [1.82, 2.24) is 0 Å². The zero-order chi connectivity index (χ0) is 14.5. The van der Waals surface area contributed by atoms with Crippen LogP contribution in [0.2, 0.25) is 0 Å². The summed E-state index contributed by atoms with van der Waals surface area (Å²) in [7, 11) is 0. The molecule has 112 valence electrons. The van der Waals surface area contributed by atoms with E-state index in [-0.39, 0.29) is 0 Å². The van der Waals surface area contributed by atoms with Crippen LogP contribution in [0.4, 0.5) is 0 Å². The fourth-order valence-corrected chi connectivity index (χ4v) is 2.15. The van der Waals surface area contributed by atoms with E-state index in [9.17, 15) is 0 Å². The Morgan fingerprint density at radius 2 is 1.65 bits per heavy atom. The fraction of sp³-hybridized carbons (Fsp3) is 0.556. The van der Waals surface area contributed by atoms with Crippen molar-refractivity contribution in [2.45, 2.75) is 51.9 Å². The first-order chi connectivity index (χ1) is 9.86. The van der Waals surface area contributed by atoms with Crippen molar-refractivity contribution in [3.63, 3.8) is 0 Å². The minimum absolute atomic E-state index is 0.545. The Hall–Kier alpha value is -1.44. The third-order valence-electron chi connectivity index (χ3n) is 3.33. The molecular formula is C18H28O2. The Morgan fingerprint density at radius 3 is 2.35 bits per heavy atom. The molecule has 0 unspecified atom stereocenters. The molecule has 2 heteroatoms. The molecule has 0 atom stereocenters. The number of aryl methyl sites for hydroxylation is 1. The van der Waals surface area contributed by atoms with Crippen LogP contribution in [-0.2, 0) is 11.2 Å². The van der Waals surface area contributed by atoms with Gasteiger partial charge in [0, 0.05) is 0 Å². The standard InChI is InChI=1S/C18H28O2/c1-3-5-6-7-8-9-10-17-11-13-18(14-12-17)20-16-15-19-4-2/h4,11-14H,2-3,5-10,15-16H2,1H3. The molecular weight excluding hydrogens is 248 g/mol. The van der Waals surface area contributed by atoms with Gasteiger partial charge in [0.15, 0.2) is 0 Å². The Morgan fingerprint density at radius 1 is 0.950 bits per heavy atom. The second kappa shape index (κ2) is 11.4. The highest BCUT2D eigenvalue weighted by atomic mass is 16.5. The number of hydrogen-bond donors (Lipinski definition) is 0. The van der Waals surface area contributed by atoms with Crippen LogP contribution in [0.3, 0.4) is 0 Å². The maximum absolute atomic E-state index is 5.56. The van der Waals surface area contributed by atoms with Gasteiger partial charge >= 0.3 is 0 Å². The first-order valence-electron chi connectivity index (χ1n) is 7.81. The predicted molar refractivity (Wildman–Crippen MR) is 85.2 cm³/mol. The molecule has 20 heavy (non-hydrogen) atoms. The highest BCUT2D eigenvalue weighted by molar-refractivity contribution is 5.27. The SMILES string of the molecule is C=COCCOc1ccc(CCCCCCCC)cc1. The molecule has 0 heterocycles. The van der Waals surface area contributed by atoms with Gasteiger partial charge in [-0.1, -0.05) is 57.7 Å². The molecule has 0 bridgehead atoms. The number of unbranched alkanes of at least 4 members (excludes halogenated alkanes) is 5. The van der Waals surface area contributed by atoms with Crippen molar-refractivity contribution in [2.75, 3.05) is 13.2 Å². The molecule has 0 aliphatic heterocycles. The number of hydrogen-bond acceptors (Lipinski definition) is 2. The van der Waals surface area contributed by atoms with Gasteiger partial charge in [-0.2, -0.15) is 0 Å². The lowest BCUT2D eigenvalue weighted by Crippen LogP contribution is -2.03. The minimum atomic E-state index is 0.545. The van der Waals surface area contributed by atoms with Crippen LogP contribution in [0.15, 0.2) is 37.1 Å². The number of ether oxygens (including phenoxy) is 2. The van der Waals surface area contributed by atoms with E-state index < -0.39 is 0 Å². The van der Waals surface area contributed by atoms with E-state index in [1.165, 1.54) is 56.8 Å². The molecule has 0 spiro atoms. The first-order valence-corrected chi connectivity index (χ1v) is 7.81. The van der Waals surface area contributed by atoms with Gasteiger partial charge in [-0.15, -0.1) is 0 Å². The molecule has 0 saturated heterocycles. The molecule has 0 amide bonds. The van der Waals surface area contributed by atoms with Crippen LogP contribution in [-0.4, -0.2) is 13.2 Å². The summed E-state index contributed by atoms with van der Waals surface area (Å²) in [6, 6.07) is 8.41. The summed E-state index contributed by atoms with van der Waals surface area (Å²) in [6.07, 6.45) is 10.7. The van der Waals surface area contributed by atoms with E-state index in [1.807, 2.05) is 12.1 Å². The molecule has 1 rings (SSSR count). The van der Waals surface area contributed by atoms with Crippen molar-refractivity contribution in [3.05, 3.63) is 42.7 Å². The average molecular weight is 276 g/mol. The third kappa shape index (κ3) is 7.88. The summed E-state index contributed by atoms with van der Waals surface area (Å²) in [5, 5.41) is 0. The molecule has 1 aromatic carbocycles. The van der Waals surface area contributed by atoms with Gasteiger partial charge in [-0.3, -0.25) is 0 Å². The van der Waals surface area contributed by atoms with E-state index in [1.54, 1.807) is 0 Å². The second-order valence-corrected chi connectivity index (χ2v) is 5.05. The Balaban J connectivity index is 2.13. The van der Waals surface area contributed by atoms with Gasteiger partial charge in [0.2, 0.25) is 0 Å². The molecule has 0 aliphatic carbocycles. The molecule has 0 N–H and O–H groups in total. The highest BCUT2D eigenvalue weighted by Gasteiger charge is 1.97. The van der Waals surface area contributed by atoms with Crippen molar-refractivity contribution in [3.8, 4) is 5.75 Å². The Kier molecular flexibility index (Phi) is 9.46. The van der Waals surface area contributed by atoms with Crippen LogP contribution < -0.4 is 4.74 Å².